The van der Waals surface area contributed by atoms with Crippen LogP contribution in [0.25, 0.3) is 11.1 Å². The quantitative estimate of drug-likeness (QED) is 0.552. The van der Waals surface area contributed by atoms with Crippen LogP contribution in [0.3, 0.4) is 0 Å². The Labute approximate surface area is 193 Å². The molecule has 6 rings (SSSR count). The van der Waals surface area contributed by atoms with E-state index in [4.69, 9.17) is 14.2 Å². The molecule has 0 N–H and O–H groups in total. The molecule has 168 valence electrons. The number of carbonyl (C=O) groups excluding carboxylic acids is 1. The number of Topliss-reactive ketones (excluding diaryl/α,β-unsaturated/α-hetero) is 1. The number of carbonyl (C=O) groups is 1. The lowest BCUT2D eigenvalue weighted by Gasteiger charge is -2.28. The number of nitrogens with zero attached hydrogens (tertiary/aromatic N) is 1. The number of ether oxygens (including phenoxy) is 3. The molecular formula is C28H27NO4. The van der Waals surface area contributed by atoms with Gasteiger partial charge >= 0.3 is 0 Å². The minimum atomic E-state index is -0.378. The number of morpholine rings is 1. The third-order valence-corrected chi connectivity index (χ3v) is 7.08. The summed E-state index contributed by atoms with van der Waals surface area (Å²) in [5.41, 5.74) is 5.26. The highest BCUT2D eigenvalue weighted by Gasteiger charge is 2.50. The monoisotopic (exact) mass is 441 g/mol. The molecule has 5 nitrogen and oxygen atoms in total. The summed E-state index contributed by atoms with van der Waals surface area (Å²) in [6.07, 6.45) is 2.23. The highest BCUT2D eigenvalue weighted by molar-refractivity contribution is 5.95. The van der Waals surface area contributed by atoms with Crippen LogP contribution >= 0.6 is 0 Å². The topological polar surface area (TPSA) is 48.0 Å². The molecule has 3 aromatic carbocycles. The van der Waals surface area contributed by atoms with Crippen molar-refractivity contribution in [3.05, 3.63) is 77.9 Å². The molecule has 2 heterocycles. The summed E-state index contributed by atoms with van der Waals surface area (Å²) in [4.78, 5) is 15.7. The molecule has 5 heteroatoms. The molecule has 1 saturated carbocycles. The third-order valence-electron chi connectivity index (χ3n) is 7.08. The molecule has 0 amide bonds. The summed E-state index contributed by atoms with van der Waals surface area (Å²) < 4.78 is 16.4. The van der Waals surface area contributed by atoms with E-state index in [1.807, 2.05) is 24.3 Å². The van der Waals surface area contributed by atoms with Gasteiger partial charge in [-0.05, 0) is 59.4 Å². The maximum atomic E-state index is 13.4. The van der Waals surface area contributed by atoms with Crippen LogP contribution in [0.1, 0.15) is 24.0 Å². The van der Waals surface area contributed by atoms with Crippen molar-refractivity contribution in [3.8, 4) is 22.6 Å². The molecule has 0 atom stereocenters. The first-order chi connectivity index (χ1) is 16.2. The predicted octanol–water partition coefficient (Wildman–Crippen LogP) is 4.76. The van der Waals surface area contributed by atoms with Crippen LogP contribution in [0, 0.1) is 0 Å². The van der Waals surface area contributed by atoms with Crippen molar-refractivity contribution in [2.75, 3.05) is 38.0 Å². The Kier molecular flexibility index (Phi) is 5.07. The number of fused-ring (bicyclic) bond motifs is 1. The van der Waals surface area contributed by atoms with Gasteiger partial charge in [-0.3, -0.25) is 4.79 Å². The normalized spacial score (nSPS) is 18.2. The van der Waals surface area contributed by atoms with E-state index < -0.39 is 0 Å². The van der Waals surface area contributed by atoms with Crippen molar-refractivity contribution in [1.29, 1.82) is 0 Å². The summed E-state index contributed by atoms with van der Waals surface area (Å²) in [7, 11) is 0. The first-order valence-corrected chi connectivity index (χ1v) is 11.7. The van der Waals surface area contributed by atoms with Gasteiger partial charge in [0.25, 0.3) is 0 Å². The SMILES string of the molecule is O=C(Cc1cccc(-c2ccc(N3CCOCC3)cc2)c1)C1(c2ccc3c(c2)OCO3)CC1. The molecule has 0 bridgehead atoms. The van der Waals surface area contributed by atoms with Gasteiger partial charge in [-0.25, -0.2) is 0 Å². The molecule has 33 heavy (non-hydrogen) atoms. The molecule has 3 aromatic rings. The summed E-state index contributed by atoms with van der Waals surface area (Å²) in [5, 5.41) is 0. The molecule has 0 aromatic heterocycles. The molecule has 1 aliphatic carbocycles. The average Bonchev–Trinajstić information content (AvgIpc) is 3.56. The first-order valence-electron chi connectivity index (χ1n) is 11.7. The molecule has 0 radical (unpaired) electrons. The van der Waals surface area contributed by atoms with Crippen LogP contribution in [0.5, 0.6) is 11.5 Å². The molecular weight excluding hydrogens is 414 g/mol. The highest BCUT2D eigenvalue weighted by atomic mass is 16.7. The van der Waals surface area contributed by atoms with Gasteiger partial charge < -0.3 is 19.1 Å². The van der Waals surface area contributed by atoms with Crippen LogP contribution < -0.4 is 14.4 Å². The second kappa shape index (κ2) is 8.23. The molecule has 1 saturated heterocycles. The minimum Gasteiger partial charge on any atom is -0.454 e. The van der Waals surface area contributed by atoms with Crippen molar-refractivity contribution < 1.29 is 19.0 Å². The zero-order valence-electron chi connectivity index (χ0n) is 18.6. The minimum absolute atomic E-state index is 0.250. The summed E-state index contributed by atoms with van der Waals surface area (Å²) in [6, 6.07) is 23.0. The van der Waals surface area contributed by atoms with Gasteiger partial charge in [0.2, 0.25) is 6.79 Å². The fourth-order valence-corrected chi connectivity index (χ4v) is 4.95. The molecule has 2 aliphatic heterocycles. The fraction of sp³-hybridized carbons (Fsp3) is 0.321. The summed E-state index contributed by atoms with van der Waals surface area (Å²) in [5.74, 6) is 1.78. The van der Waals surface area contributed by atoms with Crippen molar-refractivity contribution in [2.24, 2.45) is 0 Å². The number of hydrogen-bond donors (Lipinski definition) is 0. The lowest BCUT2D eigenvalue weighted by molar-refractivity contribution is -0.120. The zero-order chi connectivity index (χ0) is 22.3. The number of hydrogen-bond acceptors (Lipinski definition) is 5. The second-order valence-electron chi connectivity index (χ2n) is 9.10. The summed E-state index contributed by atoms with van der Waals surface area (Å²) in [6.45, 7) is 3.68. The molecule has 0 spiro atoms. The largest absolute Gasteiger partial charge is 0.454 e. The Hall–Kier alpha value is -3.31. The van der Waals surface area contributed by atoms with Crippen LogP contribution in [-0.4, -0.2) is 38.9 Å². The first kappa shape index (κ1) is 20.3. The molecule has 2 fully saturated rings. The Morgan fingerprint density at radius 2 is 1.64 bits per heavy atom. The number of benzene rings is 3. The van der Waals surface area contributed by atoms with Crippen LogP contribution in [-0.2, 0) is 21.4 Å². The van der Waals surface area contributed by atoms with E-state index >= 15 is 0 Å². The standard InChI is InChI=1S/C28H27NO4/c30-27(28(10-11-28)23-6-9-25-26(18-23)33-19-32-25)17-20-2-1-3-22(16-20)21-4-7-24(8-5-21)29-12-14-31-15-13-29/h1-9,16,18H,10-15,17,19H2. The zero-order valence-corrected chi connectivity index (χ0v) is 18.6. The van der Waals surface area contributed by atoms with Gasteiger partial charge in [-0.2, -0.15) is 0 Å². The van der Waals surface area contributed by atoms with Gasteiger partial charge in [0.1, 0.15) is 5.78 Å². The molecule has 0 unspecified atom stereocenters. The van der Waals surface area contributed by atoms with E-state index in [9.17, 15) is 4.79 Å². The number of anilines is 1. The van der Waals surface area contributed by atoms with Crippen LogP contribution in [0.4, 0.5) is 5.69 Å². The Morgan fingerprint density at radius 3 is 2.42 bits per heavy atom. The lowest BCUT2D eigenvalue weighted by atomic mass is 9.87. The van der Waals surface area contributed by atoms with Crippen LogP contribution in [0.15, 0.2) is 66.7 Å². The van der Waals surface area contributed by atoms with Crippen LogP contribution in [0.2, 0.25) is 0 Å². The Morgan fingerprint density at radius 1 is 0.848 bits per heavy atom. The van der Waals surface area contributed by atoms with E-state index in [1.54, 1.807) is 0 Å². The van der Waals surface area contributed by atoms with Crippen molar-refractivity contribution in [2.45, 2.75) is 24.7 Å². The lowest BCUT2D eigenvalue weighted by Crippen LogP contribution is -2.36. The van der Waals surface area contributed by atoms with E-state index in [2.05, 4.69) is 47.4 Å². The highest BCUT2D eigenvalue weighted by Crippen LogP contribution is 2.51. The predicted molar refractivity (Wildman–Crippen MR) is 127 cm³/mol. The molecule has 3 aliphatic rings. The van der Waals surface area contributed by atoms with Crippen molar-refractivity contribution >= 4 is 11.5 Å². The van der Waals surface area contributed by atoms with E-state index in [-0.39, 0.29) is 18.0 Å². The average molecular weight is 442 g/mol. The maximum absolute atomic E-state index is 13.4. The van der Waals surface area contributed by atoms with Crippen molar-refractivity contribution in [3.63, 3.8) is 0 Å². The Bertz CT molecular complexity index is 1180. The van der Waals surface area contributed by atoms with Gasteiger partial charge in [0.15, 0.2) is 11.5 Å². The third kappa shape index (κ3) is 3.87. The smallest absolute Gasteiger partial charge is 0.231 e. The van der Waals surface area contributed by atoms with Gasteiger partial charge in [-0.15, -0.1) is 0 Å². The van der Waals surface area contributed by atoms with E-state index in [0.29, 0.717) is 6.42 Å². The number of rotatable bonds is 6. The van der Waals surface area contributed by atoms with E-state index in [0.717, 1.165) is 67.3 Å². The Balaban J connectivity index is 1.18. The van der Waals surface area contributed by atoms with Crippen molar-refractivity contribution in [1.82, 2.24) is 0 Å². The number of ketones is 1. The van der Waals surface area contributed by atoms with Gasteiger partial charge in [0.05, 0.1) is 18.6 Å². The van der Waals surface area contributed by atoms with Gasteiger partial charge in [0, 0.05) is 25.2 Å². The second-order valence-corrected chi connectivity index (χ2v) is 9.10. The van der Waals surface area contributed by atoms with Gasteiger partial charge in [-0.1, -0.05) is 42.5 Å². The summed E-state index contributed by atoms with van der Waals surface area (Å²) >= 11 is 0. The van der Waals surface area contributed by atoms with E-state index in [1.165, 1.54) is 11.3 Å². The maximum Gasteiger partial charge on any atom is 0.231 e. The fourth-order valence-electron chi connectivity index (χ4n) is 4.95.